The second kappa shape index (κ2) is 8.24. The lowest BCUT2D eigenvalue weighted by molar-refractivity contribution is -0.111. The Kier molecular flexibility index (Phi) is 5.78. The van der Waals surface area contributed by atoms with Crippen LogP contribution in [0.3, 0.4) is 0 Å². The number of hydrogen-bond acceptors (Lipinski definition) is 4. The van der Waals surface area contributed by atoms with Crippen LogP contribution in [0.1, 0.15) is 28.8 Å². The van der Waals surface area contributed by atoms with Gasteiger partial charge >= 0.3 is 0 Å². The molecule has 1 aromatic carbocycles. The largest absolute Gasteiger partial charge is 0.456 e. The average Bonchev–Trinajstić information content (AvgIpc) is 3.26. The number of furan rings is 1. The molecule has 0 unspecified atom stereocenters. The molecule has 0 saturated heterocycles. The molecule has 0 aliphatic rings. The predicted octanol–water partition coefficient (Wildman–Crippen LogP) is 4.69. The molecule has 0 aliphatic heterocycles. The molecular formula is C19H15Cl2N3O3. The van der Waals surface area contributed by atoms with E-state index in [-0.39, 0.29) is 11.7 Å². The number of nitrogens with zero attached hydrogens (tertiary/aromatic N) is 2. The zero-order valence-corrected chi connectivity index (χ0v) is 15.8. The van der Waals surface area contributed by atoms with Crippen molar-refractivity contribution in [2.45, 2.75) is 13.5 Å². The predicted molar refractivity (Wildman–Crippen MR) is 104 cm³/mol. The van der Waals surface area contributed by atoms with Gasteiger partial charge in [0.2, 0.25) is 5.91 Å². The van der Waals surface area contributed by atoms with Gasteiger partial charge in [-0.2, -0.15) is 5.10 Å². The summed E-state index contributed by atoms with van der Waals surface area (Å²) >= 11 is 12.0. The maximum Gasteiger partial charge on any atom is 0.249 e. The summed E-state index contributed by atoms with van der Waals surface area (Å²) in [5.74, 6) is 0.793. The Hall–Kier alpha value is -2.83. The lowest BCUT2D eigenvalue weighted by Crippen LogP contribution is -2.09. The van der Waals surface area contributed by atoms with E-state index in [1.54, 1.807) is 53.4 Å². The number of ketones is 1. The van der Waals surface area contributed by atoms with Gasteiger partial charge in [0.05, 0.1) is 16.6 Å². The maximum absolute atomic E-state index is 12.0. The van der Waals surface area contributed by atoms with Gasteiger partial charge < -0.3 is 9.73 Å². The Morgan fingerprint density at radius 1 is 1.22 bits per heavy atom. The highest BCUT2D eigenvalue weighted by atomic mass is 35.5. The highest BCUT2D eigenvalue weighted by Crippen LogP contribution is 2.26. The van der Waals surface area contributed by atoms with Crippen LogP contribution in [0, 0.1) is 0 Å². The summed E-state index contributed by atoms with van der Waals surface area (Å²) in [4.78, 5) is 23.3. The number of halogens is 2. The second-order valence-corrected chi connectivity index (χ2v) is 6.47. The van der Waals surface area contributed by atoms with Crippen molar-refractivity contribution in [3.05, 3.63) is 75.8 Å². The maximum atomic E-state index is 12.0. The Balaban J connectivity index is 1.61. The Labute approximate surface area is 165 Å². The molecule has 27 heavy (non-hydrogen) atoms. The third kappa shape index (κ3) is 4.87. The van der Waals surface area contributed by atoms with E-state index in [0.29, 0.717) is 39.5 Å². The van der Waals surface area contributed by atoms with Crippen LogP contribution in [0.5, 0.6) is 0 Å². The average molecular weight is 404 g/mol. The number of rotatable bonds is 6. The molecule has 0 bridgehead atoms. The molecule has 138 valence electrons. The highest BCUT2D eigenvalue weighted by Gasteiger charge is 2.08. The van der Waals surface area contributed by atoms with Crippen molar-refractivity contribution in [2.75, 3.05) is 5.32 Å². The van der Waals surface area contributed by atoms with Crippen molar-refractivity contribution in [2.24, 2.45) is 0 Å². The monoisotopic (exact) mass is 403 g/mol. The van der Waals surface area contributed by atoms with E-state index < -0.39 is 0 Å². The minimum absolute atomic E-state index is 0.138. The zero-order chi connectivity index (χ0) is 19.4. The van der Waals surface area contributed by atoms with Crippen molar-refractivity contribution in [1.82, 2.24) is 9.78 Å². The van der Waals surface area contributed by atoms with Gasteiger partial charge in [0, 0.05) is 25.3 Å². The standard InChI is InChI=1S/C19H15Cl2N3O3/c1-12(25)16-7-6-14(27-16)11-24-10-9-17(23-24)22-18(26)8-5-13-3-2-4-15(20)19(13)21/h2-10H,11H2,1H3,(H,22,23,26)/b8-5-. The van der Waals surface area contributed by atoms with Crippen LogP contribution in [-0.2, 0) is 11.3 Å². The molecule has 0 radical (unpaired) electrons. The zero-order valence-electron chi connectivity index (χ0n) is 14.3. The Morgan fingerprint density at radius 2 is 2.04 bits per heavy atom. The normalized spacial score (nSPS) is 11.1. The summed E-state index contributed by atoms with van der Waals surface area (Å²) < 4.78 is 7.01. The summed E-state index contributed by atoms with van der Waals surface area (Å²) in [6.07, 6.45) is 4.62. The molecule has 0 saturated carbocycles. The van der Waals surface area contributed by atoms with Crippen molar-refractivity contribution in [3.63, 3.8) is 0 Å². The van der Waals surface area contributed by atoms with Crippen molar-refractivity contribution in [3.8, 4) is 0 Å². The third-order valence-electron chi connectivity index (χ3n) is 3.61. The first-order chi connectivity index (χ1) is 12.9. The van der Waals surface area contributed by atoms with Crippen LogP contribution < -0.4 is 5.32 Å². The van der Waals surface area contributed by atoms with E-state index in [0.717, 1.165) is 0 Å². The first-order valence-electron chi connectivity index (χ1n) is 7.98. The number of Topliss-reactive ketones (excluding diaryl/α,β-unsaturated/α-hetero) is 1. The van der Waals surface area contributed by atoms with Gasteiger partial charge in [0.15, 0.2) is 17.4 Å². The van der Waals surface area contributed by atoms with Crippen LogP contribution in [-0.4, -0.2) is 21.5 Å². The molecule has 3 rings (SSSR count). The summed E-state index contributed by atoms with van der Waals surface area (Å²) in [6, 6.07) is 10.2. The SMILES string of the molecule is CC(=O)c1ccc(Cn2ccc(NC(=O)/C=C\c3cccc(Cl)c3Cl)n2)o1. The lowest BCUT2D eigenvalue weighted by atomic mass is 10.2. The lowest BCUT2D eigenvalue weighted by Gasteiger charge is -2.01. The van der Waals surface area contributed by atoms with Crippen LogP contribution in [0.15, 0.2) is 53.1 Å². The van der Waals surface area contributed by atoms with Crippen LogP contribution in [0.4, 0.5) is 5.82 Å². The number of nitrogens with one attached hydrogen (secondary N) is 1. The second-order valence-electron chi connectivity index (χ2n) is 5.69. The smallest absolute Gasteiger partial charge is 0.249 e. The van der Waals surface area contributed by atoms with E-state index in [2.05, 4.69) is 10.4 Å². The summed E-state index contributed by atoms with van der Waals surface area (Å²) in [5, 5.41) is 7.71. The van der Waals surface area contributed by atoms with E-state index in [4.69, 9.17) is 27.6 Å². The van der Waals surface area contributed by atoms with Crippen LogP contribution in [0.2, 0.25) is 10.0 Å². The fraction of sp³-hybridized carbons (Fsp3) is 0.105. The number of aromatic nitrogens is 2. The van der Waals surface area contributed by atoms with Crippen molar-refractivity contribution >= 4 is 46.8 Å². The number of carbonyl (C=O) groups is 2. The first kappa shape index (κ1) is 18.9. The van der Waals surface area contributed by atoms with Gasteiger partial charge in [-0.1, -0.05) is 35.3 Å². The topological polar surface area (TPSA) is 77.1 Å². The molecule has 0 spiro atoms. The molecule has 2 heterocycles. The van der Waals surface area contributed by atoms with E-state index in [1.165, 1.54) is 13.0 Å². The number of amides is 1. The van der Waals surface area contributed by atoms with Gasteiger partial charge in [-0.3, -0.25) is 14.3 Å². The Bertz CT molecular complexity index is 1020. The fourth-order valence-electron chi connectivity index (χ4n) is 2.31. The minimum atomic E-state index is -0.354. The summed E-state index contributed by atoms with van der Waals surface area (Å²) in [5.41, 5.74) is 0.643. The van der Waals surface area contributed by atoms with Gasteiger partial charge in [0.25, 0.3) is 0 Å². The van der Waals surface area contributed by atoms with E-state index in [9.17, 15) is 9.59 Å². The number of hydrogen-bond donors (Lipinski definition) is 1. The minimum Gasteiger partial charge on any atom is -0.456 e. The van der Waals surface area contributed by atoms with Gasteiger partial charge in [-0.05, 0) is 29.8 Å². The number of anilines is 1. The molecule has 1 N–H and O–H groups in total. The van der Waals surface area contributed by atoms with Crippen LogP contribution >= 0.6 is 23.2 Å². The fourth-order valence-corrected chi connectivity index (χ4v) is 2.68. The summed E-state index contributed by atoms with van der Waals surface area (Å²) in [6.45, 7) is 1.78. The molecule has 0 atom stereocenters. The van der Waals surface area contributed by atoms with Crippen molar-refractivity contribution in [1.29, 1.82) is 0 Å². The molecule has 2 aromatic heterocycles. The molecule has 0 aliphatic carbocycles. The van der Waals surface area contributed by atoms with Crippen molar-refractivity contribution < 1.29 is 14.0 Å². The van der Waals surface area contributed by atoms with Gasteiger partial charge in [0.1, 0.15) is 5.76 Å². The van der Waals surface area contributed by atoms with Gasteiger partial charge in [-0.25, -0.2) is 0 Å². The van der Waals surface area contributed by atoms with E-state index >= 15 is 0 Å². The van der Waals surface area contributed by atoms with Gasteiger partial charge in [-0.15, -0.1) is 0 Å². The molecule has 0 fully saturated rings. The number of benzene rings is 1. The summed E-state index contributed by atoms with van der Waals surface area (Å²) in [7, 11) is 0. The molecule has 8 heteroatoms. The van der Waals surface area contributed by atoms with Crippen LogP contribution in [0.25, 0.3) is 6.08 Å². The first-order valence-corrected chi connectivity index (χ1v) is 8.74. The molecular weight excluding hydrogens is 389 g/mol. The quantitative estimate of drug-likeness (QED) is 0.478. The Morgan fingerprint density at radius 3 is 2.78 bits per heavy atom. The molecule has 3 aromatic rings. The number of carbonyl (C=O) groups excluding carboxylic acids is 2. The highest BCUT2D eigenvalue weighted by molar-refractivity contribution is 6.42. The third-order valence-corrected chi connectivity index (χ3v) is 4.45. The molecule has 6 nitrogen and oxygen atoms in total. The van der Waals surface area contributed by atoms with E-state index in [1.807, 2.05) is 0 Å². The molecule has 1 amide bonds.